The molecular formula is C16H16F2N2O3S. The van der Waals surface area contributed by atoms with Crippen LogP contribution in [0.5, 0.6) is 0 Å². The minimum absolute atomic E-state index is 0.164. The van der Waals surface area contributed by atoms with Gasteiger partial charge in [0.2, 0.25) is 15.9 Å². The van der Waals surface area contributed by atoms with Crippen LogP contribution in [0.3, 0.4) is 0 Å². The molecule has 0 saturated heterocycles. The highest BCUT2D eigenvalue weighted by atomic mass is 32.2. The molecule has 0 spiro atoms. The highest BCUT2D eigenvalue weighted by Gasteiger charge is 2.21. The molecule has 0 radical (unpaired) electrons. The monoisotopic (exact) mass is 354 g/mol. The summed E-state index contributed by atoms with van der Waals surface area (Å²) in [6.45, 7) is -0.743. The van der Waals surface area contributed by atoms with Crippen molar-refractivity contribution in [2.24, 2.45) is 0 Å². The largest absolute Gasteiger partial charge is 0.325 e. The lowest BCUT2D eigenvalue weighted by Crippen LogP contribution is -2.37. The van der Waals surface area contributed by atoms with Crippen molar-refractivity contribution in [1.29, 1.82) is 0 Å². The van der Waals surface area contributed by atoms with Crippen molar-refractivity contribution < 1.29 is 22.0 Å². The molecule has 1 amide bonds. The lowest BCUT2D eigenvalue weighted by molar-refractivity contribution is -0.116. The number of carbonyl (C=O) groups is 1. The van der Waals surface area contributed by atoms with E-state index in [0.29, 0.717) is 5.69 Å². The van der Waals surface area contributed by atoms with Crippen molar-refractivity contribution in [3.05, 3.63) is 65.7 Å². The summed E-state index contributed by atoms with van der Waals surface area (Å²) < 4.78 is 51.1. The summed E-state index contributed by atoms with van der Waals surface area (Å²) in [5.74, 6) is -1.61. The van der Waals surface area contributed by atoms with Crippen LogP contribution < -0.4 is 5.32 Å². The number of nitrogens with zero attached hydrogens (tertiary/aromatic N) is 1. The van der Waals surface area contributed by atoms with Crippen LogP contribution >= 0.6 is 0 Å². The summed E-state index contributed by atoms with van der Waals surface area (Å²) in [5, 5.41) is 2.47. The maximum atomic E-state index is 13.7. The second-order valence-electron chi connectivity index (χ2n) is 5.18. The lowest BCUT2D eigenvalue weighted by Gasteiger charge is -2.20. The summed E-state index contributed by atoms with van der Waals surface area (Å²) in [6.07, 6.45) is 0.943. The molecule has 0 unspecified atom stereocenters. The second-order valence-corrected chi connectivity index (χ2v) is 7.16. The van der Waals surface area contributed by atoms with Gasteiger partial charge in [0.1, 0.15) is 11.6 Å². The molecule has 0 aliphatic carbocycles. The number of halogens is 2. The van der Waals surface area contributed by atoms with E-state index in [0.717, 1.165) is 10.6 Å². The fourth-order valence-electron chi connectivity index (χ4n) is 2.00. The Morgan fingerprint density at radius 3 is 2.29 bits per heavy atom. The molecule has 0 fully saturated rings. The first-order valence-corrected chi connectivity index (χ1v) is 8.84. The van der Waals surface area contributed by atoms with Gasteiger partial charge in [0.25, 0.3) is 0 Å². The van der Waals surface area contributed by atoms with E-state index in [9.17, 15) is 22.0 Å². The molecule has 0 aliphatic rings. The Labute approximate surface area is 139 Å². The van der Waals surface area contributed by atoms with Crippen molar-refractivity contribution in [2.75, 3.05) is 18.1 Å². The van der Waals surface area contributed by atoms with Gasteiger partial charge < -0.3 is 5.32 Å². The first-order valence-electron chi connectivity index (χ1n) is 6.99. The van der Waals surface area contributed by atoms with Crippen LogP contribution in [0.2, 0.25) is 0 Å². The number of anilines is 1. The van der Waals surface area contributed by atoms with Crippen LogP contribution in [0.1, 0.15) is 5.56 Å². The van der Waals surface area contributed by atoms with Crippen molar-refractivity contribution in [2.45, 2.75) is 6.54 Å². The Kier molecular flexibility index (Phi) is 5.63. The molecule has 0 atom stereocenters. The lowest BCUT2D eigenvalue weighted by atomic mass is 10.2. The summed E-state index contributed by atoms with van der Waals surface area (Å²) in [7, 11) is -3.73. The minimum atomic E-state index is -3.73. The molecule has 1 N–H and O–H groups in total. The van der Waals surface area contributed by atoms with Crippen LogP contribution in [0.15, 0.2) is 48.5 Å². The Bertz CT molecular complexity index is 823. The first kappa shape index (κ1) is 18.0. The number of amides is 1. The third kappa shape index (κ3) is 5.10. The van der Waals surface area contributed by atoms with Crippen molar-refractivity contribution in [1.82, 2.24) is 4.31 Å². The van der Waals surface area contributed by atoms with Gasteiger partial charge in [0.15, 0.2) is 0 Å². The van der Waals surface area contributed by atoms with Crippen molar-refractivity contribution >= 4 is 21.6 Å². The number of hydrogen-bond donors (Lipinski definition) is 1. The van der Waals surface area contributed by atoms with Gasteiger partial charge >= 0.3 is 0 Å². The Hall–Kier alpha value is -2.32. The molecule has 2 aromatic carbocycles. The maximum absolute atomic E-state index is 13.7. The van der Waals surface area contributed by atoms with Gasteiger partial charge in [0, 0.05) is 17.8 Å². The zero-order valence-corrected chi connectivity index (χ0v) is 13.7. The van der Waals surface area contributed by atoms with E-state index in [4.69, 9.17) is 0 Å². The molecule has 24 heavy (non-hydrogen) atoms. The van der Waals surface area contributed by atoms with Gasteiger partial charge in [-0.05, 0) is 30.3 Å². The van der Waals surface area contributed by atoms with E-state index in [1.54, 1.807) is 6.07 Å². The summed E-state index contributed by atoms with van der Waals surface area (Å²) in [6, 6.07) is 10.8. The van der Waals surface area contributed by atoms with Crippen LogP contribution in [0, 0.1) is 11.6 Å². The molecule has 128 valence electrons. The molecule has 0 heterocycles. The highest BCUT2D eigenvalue weighted by Crippen LogP contribution is 2.13. The van der Waals surface area contributed by atoms with Gasteiger partial charge in [-0.3, -0.25) is 4.79 Å². The maximum Gasteiger partial charge on any atom is 0.239 e. The summed E-state index contributed by atoms with van der Waals surface area (Å²) in [4.78, 5) is 12.0. The quantitative estimate of drug-likeness (QED) is 0.866. The molecule has 8 heteroatoms. The van der Waals surface area contributed by atoms with Gasteiger partial charge in [0.05, 0.1) is 12.8 Å². The smallest absolute Gasteiger partial charge is 0.239 e. The zero-order chi connectivity index (χ0) is 17.7. The van der Waals surface area contributed by atoms with E-state index < -0.39 is 34.1 Å². The number of rotatable bonds is 6. The van der Waals surface area contributed by atoms with E-state index >= 15 is 0 Å². The SMILES string of the molecule is CS(=O)(=O)N(CC(=O)Nc1ccc(F)cc1)Cc1ccccc1F. The number of hydrogen-bond acceptors (Lipinski definition) is 3. The minimum Gasteiger partial charge on any atom is -0.325 e. The molecule has 2 rings (SSSR count). The van der Waals surface area contributed by atoms with Gasteiger partial charge in [-0.15, -0.1) is 0 Å². The highest BCUT2D eigenvalue weighted by molar-refractivity contribution is 7.88. The topological polar surface area (TPSA) is 66.5 Å². The van der Waals surface area contributed by atoms with E-state index in [-0.39, 0.29) is 12.1 Å². The fraction of sp³-hybridized carbons (Fsp3) is 0.188. The third-order valence-corrected chi connectivity index (χ3v) is 4.42. The molecule has 5 nitrogen and oxygen atoms in total. The zero-order valence-electron chi connectivity index (χ0n) is 12.9. The van der Waals surface area contributed by atoms with Crippen LogP contribution in [-0.4, -0.2) is 31.4 Å². The van der Waals surface area contributed by atoms with Gasteiger partial charge in [-0.1, -0.05) is 18.2 Å². The Morgan fingerprint density at radius 2 is 1.71 bits per heavy atom. The molecule has 2 aromatic rings. The third-order valence-electron chi connectivity index (χ3n) is 3.22. The molecule has 0 saturated carbocycles. The van der Waals surface area contributed by atoms with E-state index in [1.165, 1.54) is 42.5 Å². The Balaban J connectivity index is 2.10. The molecular weight excluding hydrogens is 338 g/mol. The summed E-state index contributed by atoms with van der Waals surface area (Å²) >= 11 is 0. The van der Waals surface area contributed by atoms with Crippen LogP contribution in [0.25, 0.3) is 0 Å². The average Bonchev–Trinajstić information content (AvgIpc) is 2.50. The van der Waals surface area contributed by atoms with E-state index in [1.807, 2.05) is 0 Å². The van der Waals surface area contributed by atoms with Crippen LogP contribution in [0.4, 0.5) is 14.5 Å². The molecule has 0 aromatic heterocycles. The average molecular weight is 354 g/mol. The number of benzene rings is 2. The number of sulfonamides is 1. The fourth-order valence-corrected chi connectivity index (χ4v) is 2.73. The van der Waals surface area contributed by atoms with Gasteiger partial charge in [-0.25, -0.2) is 17.2 Å². The number of carbonyl (C=O) groups excluding carboxylic acids is 1. The van der Waals surface area contributed by atoms with Crippen LogP contribution in [-0.2, 0) is 21.4 Å². The predicted octanol–water partition coefficient (Wildman–Crippen LogP) is 2.37. The second kappa shape index (κ2) is 7.50. The predicted molar refractivity (Wildman–Crippen MR) is 86.7 cm³/mol. The summed E-state index contributed by atoms with van der Waals surface area (Å²) in [5.41, 5.74) is 0.498. The standard InChI is InChI=1S/C16H16F2N2O3S/c1-24(22,23)20(10-12-4-2-3-5-15(12)18)11-16(21)19-14-8-6-13(17)7-9-14/h2-9H,10-11H2,1H3,(H,19,21). The first-order chi connectivity index (χ1) is 11.3. The normalized spacial score (nSPS) is 11.5. The molecule has 0 aliphatic heterocycles. The van der Waals surface area contributed by atoms with Crippen molar-refractivity contribution in [3.8, 4) is 0 Å². The van der Waals surface area contributed by atoms with Gasteiger partial charge in [-0.2, -0.15) is 4.31 Å². The molecule has 0 bridgehead atoms. The Morgan fingerprint density at radius 1 is 1.08 bits per heavy atom. The van der Waals surface area contributed by atoms with Crippen molar-refractivity contribution in [3.63, 3.8) is 0 Å². The van der Waals surface area contributed by atoms with E-state index in [2.05, 4.69) is 5.32 Å². The number of nitrogens with one attached hydrogen (secondary N) is 1.